The minimum absolute atomic E-state index is 0.294. The molecule has 0 aromatic heterocycles. The Bertz CT molecular complexity index is 439. The van der Waals surface area contributed by atoms with Gasteiger partial charge < -0.3 is 14.6 Å². The molecule has 0 saturated heterocycles. The number of ether oxygens (including phenoxy) is 2. The second-order valence-corrected chi connectivity index (χ2v) is 3.44. The number of benzene rings is 1. The van der Waals surface area contributed by atoms with Crippen molar-refractivity contribution in [1.82, 2.24) is 0 Å². The van der Waals surface area contributed by atoms with Gasteiger partial charge >= 0.3 is 0 Å². The SMILES string of the molecule is COc1ccc(C(O)C(=O)C(C)=O)cc1OC. The van der Waals surface area contributed by atoms with Crippen LogP contribution in [-0.4, -0.2) is 30.9 Å². The van der Waals surface area contributed by atoms with Crippen molar-refractivity contribution in [2.75, 3.05) is 14.2 Å². The molecule has 1 aromatic carbocycles. The summed E-state index contributed by atoms with van der Waals surface area (Å²) >= 11 is 0. The number of methoxy groups -OCH3 is 2. The first-order chi connectivity index (χ1) is 8.01. The van der Waals surface area contributed by atoms with Gasteiger partial charge in [0.2, 0.25) is 5.78 Å². The second kappa shape index (κ2) is 5.45. The molecule has 1 rings (SSSR count). The number of hydrogen-bond acceptors (Lipinski definition) is 5. The molecular formula is C12H14O5. The number of Topliss-reactive ketones (excluding diaryl/α,β-unsaturated/α-hetero) is 2. The molecule has 0 aliphatic heterocycles. The fraction of sp³-hybridized carbons (Fsp3) is 0.333. The average Bonchev–Trinajstić information content (AvgIpc) is 2.35. The van der Waals surface area contributed by atoms with Crippen LogP contribution >= 0.6 is 0 Å². The van der Waals surface area contributed by atoms with Gasteiger partial charge in [-0.05, 0) is 17.7 Å². The standard InChI is InChI=1S/C12H14O5/c1-7(13)11(14)12(15)8-4-5-9(16-2)10(6-8)17-3/h4-6,12,15H,1-3H3. The summed E-state index contributed by atoms with van der Waals surface area (Å²) in [6, 6.07) is 4.53. The van der Waals surface area contributed by atoms with Gasteiger partial charge in [0.1, 0.15) is 6.10 Å². The van der Waals surface area contributed by atoms with Gasteiger partial charge in [0.15, 0.2) is 17.3 Å². The molecule has 1 unspecified atom stereocenters. The molecule has 1 aromatic rings. The van der Waals surface area contributed by atoms with Crippen molar-refractivity contribution in [2.45, 2.75) is 13.0 Å². The molecule has 0 amide bonds. The van der Waals surface area contributed by atoms with Crippen LogP contribution in [0.5, 0.6) is 11.5 Å². The minimum Gasteiger partial charge on any atom is -0.493 e. The van der Waals surface area contributed by atoms with Gasteiger partial charge in [-0.25, -0.2) is 0 Å². The van der Waals surface area contributed by atoms with Gasteiger partial charge in [0.25, 0.3) is 0 Å². The largest absolute Gasteiger partial charge is 0.493 e. The van der Waals surface area contributed by atoms with Crippen molar-refractivity contribution in [3.63, 3.8) is 0 Å². The zero-order chi connectivity index (χ0) is 13.0. The van der Waals surface area contributed by atoms with Crippen LogP contribution < -0.4 is 9.47 Å². The van der Waals surface area contributed by atoms with Crippen molar-refractivity contribution < 1.29 is 24.2 Å². The van der Waals surface area contributed by atoms with E-state index in [1.165, 1.54) is 26.4 Å². The molecule has 5 nitrogen and oxygen atoms in total. The first-order valence-corrected chi connectivity index (χ1v) is 4.96. The quantitative estimate of drug-likeness (QED) is 0.771. The van der Waals surface area contributed by atoms with Gasteiger partial charge in [0, 0.05) is 6.92 Å². The number of carbonyl (C=O) groups excluding carboxylic acids is 2. The average molecular weight is 238 g/mol. The van der Waals surface area contributed by atoms with E-state index in [1.807, 2.05) is 0 Å². The van der Waals surface area contributed by atoms with E-state index in [0.717, 1.165) is 6.92 Å². The fourth-order valence-electron chi connectivity index (χ4n) is 1.37. The maximum atomic E-state index is 11.3. The van der Waals surface area contributed by atoms with Crippen molar-refractivity contribution >= 4 is 11.6 Å². The summed E-state index contributed by atoms with van der Waals surface area (Å²) in [7, 11) is 2.93. The molecule has 0 bridgehead atoms. The van der Waals surface area contributed by atoms with Crippen LogP contribution in [0.1, 0.15) is 18.6 Å². The molecule has 0 fully saturated rings. The van der Waals surface area contributed by atoms with Gasteiger partial charge in [-0.1, -0.05) is 6.07 Å². The molecule has 0 radical (unpaired) electrons. The molecule has 0 heterocycles. The summed E-state index contributed by atoms with van der Waals surface area (Å²) in [5.41, 5.74) is 0.294. The molecule has 1 atom stereocenters. The molecule has 17 heavy (non-hydrogen) atoms. The summed E-state index contributed by atoms with van der Waals surface area (Å²) in [4.78, 5) is 22.2. The van der Waals surface area contributed by atoms with Crippen molar-refractivity contribution in [1.29, 1.82) is 0 Å². The number of ketones is 2. The van der Waals surface area contributed by atoms with Crippen molar-refractivity contribution in [3.8, 4) is 11.5 Å². The zero-order valence-corrected chi connectivity index (χ0v) is 9.89. The van der Waals surface area contributed by atoms with Crippen molar-refractivity contribution in [3.05, 3.63) is 23.8 Å². The summed E-state index contributed by atoms with van der Waals surface area (Å²) in [6.07, 6.45) is -1.47. The highest BCUT2D eigenvalue weighted by atomic mass is 16.5. The molecule has 5 heteroatoms. The van der Waals surface area contributed by atoms with E-state index in [0.29, 0.717) is 17.1 Å². The third kappa shape index (κ3) is 2.82. The zero-order valence-electron chi connectivity index (χ0n) is 9.89. The molecule has 0 spiro atoms. The lowest BCUT2D eigenvalue weighted by Gasteiger charge is -2.12. The topological polar surface area (TPSA) is 72.8 Å². The Kier molecular flexibility index (Phi) is 4.23. The van der Waals surface area contributed by atoms with Crippen LogP contribution in [-0.2, 0) is 9.59 Å². The van der Waals surface area contributed by atoms with E-state index in [2.05, 4.69) is 0 Å². The monoisotopic (exact) mass is 238 g/mol. The van der Waals surface area contributed by atoms with Gasteiger partial charge in [-0.2, -0.15) is 0 Å². The van der Waals surface area contributed by atoms with Gasteiger partial charge in [0.05, 0.1) is 14.2 Å². The van der Waals surface area contributed by atoms with E-state index in [-0.39, 0.29) is 0 Å². The van der Waals surface area contributed by atoms with Gasteiger partial charge in [-0.15, -0.1) is 0 Å². The maximum Gasteiger partial charge on any atom is 0.230 e. The predicted octanol–water partition coefficient (Wildman–Crippen LogP) is 0.895. The van der Waals surface area contributed by atoms with E-state index < -0.39 is 17.7 Å². The summed E-state index contributed by atoms with van der Waals surface area (Å²) in [6.45, 7) is 1.12. The first-order valence-electron chi connectivity index (χ1n) is 4.96. The highest BCUT2D eigenvalue weighted by molar-refractivity contribution is 6.37. The van der Waals surface area contributed by atoms with E-state index >= 15 is 0 Å². The Hall–Kier alpha value is -1.88. The lowest BCUT2D eigenvalue weighted by molar-refractivity contribution is -0.140. The van der Waals surface area contributed by atoms with Crippen LogP contribution in [0.15, 0.2) is 18.2 Å². The number of hydrogen-bond donors (Lipinski definition) is 1. The third-order valence-electron chi connectivity index (χ3n) is 2.32. The van der Waals surface area contributed by atoms with Gasteiger partial charge in [-0.3, -0.25) is 9.59 Å². The molecule has 1 N–H and O–H groups in total. The van der Waals surface area contributed by atoms with Crippen LogP contribution in [0.2, 0.25) is 0 Å². The smallest absolute Gasteiger partial charge is 0.230 e. The number of aliphatic hydroxyl groups excluding tert-OH is 1. The van der Waals surface area contributed by atoms with Crippen LogP contribution in [0.3, 0.4) is 0 Å². The normalized spacial score (nSPS) is 11.8. The Morgan fingerprint density at radius 1 is 1.18 bits per heavy atom. The fourth-order valence-corrected chi connectivity index (χ4v) is 1.37. The van der Waals surface area contributed by atoms with Crippen LogP contribution in [0.4, 0.5) is 0 Å². The summed E-state index contributed by atoms with van der Waals surface area (Å²) < 4.78 is 10.1. The maximum absolute atomic E-state index is 11.3. The first kappa shape index (κ1) is 13.2. The van der Waals surface area contributed by atoms with E-state index in [1.54, 1.807) is 6.07 Å². The van der Waals surface area contributed by atoms with Crippen LogP contribution in [0, 0.1) is 0 Å². The molecule has 0 saturated carbocycles. The predicted molar refractivity (Wildman–Crippen MR) is 60.2 cm³/mol. The number of aliphatic hydroxyl groups is 1. The molecular weight excluding hydrogens is 224 g/mol. The highest BCUT2D eigenvalue weighted by Gasteiger charge is 2.22. The number of carbonyl (C=O) groups is 2. The molecule has 0 aliphatic carbocycles. The Balaban J connectivity index is 3.07. The summed E-state index contributed by atoms with van der Waals surface area (Å²) in [5, 5.41) is 9.68. The van der Waals surface area contributed by atoms with Crippen LogP contribution in [0.25, 0.3) is 0 Å². The Labute approximate surface area is 99.0 Å². The lowest BCUT2D eigenvalue weighted by atomic mass is 10.0. The number of rotatable bonds is 5. The molecule has 0 aliphatic rings. The Morgan fingerprint density at radius 2 is 1.76 bits per heavy atom. The molecule has 92 valence electrons. The summed E-state index contributed by atoms with van der Waals surface area (Å²) in [5.74, 6) is -0.663. The third-order valence-corrected chi connectivity index (χ3v) is 2.32. The van der Waals surface area contributed by atoms with Crippen molar-refractivity contribution in [2.24, 2.45) is 0 Å². The minimum atomic E-state index is -1.47. The lowest BCUT2D eigenvalue weighted by Crippen LogP contribution is -2.19. The van der Waals surface area contributed by atoms with E-state index in [4.69, 9.17) is 9.47 Å². The Morgan fingerprint density at radius 3 is 2.24 bits per heavy atom. The van der Waals surface area contributed by atoms with E-state index in [9.17, 15) is 14.7 Å². The highest BCUT2D eigenvalue weighted by Crippen LogP contribution is 2.30. The second-order valence-electron chi connectivity index (χ2n) is 3.44.